The lowest BCUT2D eigenvalue weighted by atomic mass is 10.0. The van der Waals surface area contributed by atoms with E-state index in [0.717, 1.165) is 5.56 Å². The number of carboxylic acids is 1. The Kier molecular flexibility index (Phi) is 1.88. The van der Waals surface area contributed by atoms with Gasteiger partial charge in [-0.3, -0.25) is 4.79 Å². The minimum atomic E-state index is -0.986. The second kappa shape index (κ2) is 2.94. The fraction of sp³-hybridized carbons (Fsp3) is 0.273. The molecule has 1 atom stereocenters. The number of carbonyl (C=O) groups is 2. The highest BCUT2D eigenvalue weighted by molar-refractivity contribution is 6.03. The van der Waals surface area contributed by atoms with E-state index in [2.05, 4.69) is 0 Å². The van der Waals surface area contributed by atoms with Crippen LogP contribution in [0.4, 0.5) is 0 Å². The molecule has 1 unspecified atom stereocenters. The smallest absolute Gasteiger partial charge is 0.335 e. The molecule has 1 aliphatic rings. The summed E-state index contributed by atoms with van der Waals surface area (Å²) in [6.07, 6.45) is 0.498. The molecule has 72 valence electrons. The van der Waals surface area contributed by atoms with Gasteiger partial charge < -0.3 is 5.11 Å². The molecular formula is C11H10O3. The van der Waals surface area contributed by atoms with Crippen LogP contribution in [0.25, 0.3) is 0 Å². The summed E-state index contributed by atoms with van der Waals surface area (Å²) in [6, 6.07) is 4.77. The Hall–Kier alpha value is -1.64. The van der Waals surface area contributed by atoms with Crippen molar-refractivity contribution in [2.75, 3.05) is 0 Å². The van der Waals surface area contributed by atoms with Crippen molar-refractivity contribution < 1.29 is 14.7 Å². The van der Waals surface area contributed by atoms with E-state index in [-0.39, 0.29) is 17.3 Å². The molecule has 0 saturated carbocycles. The van der Waals surface area contributed by atoms with E-state index < -0.39 is 5.97 Å². The van der Waals surface area contributed by atoms with Crippen molar-refractivity contribution in [2.24, 2.45) is 0 Å². The summed E-state index contributed by atoms with van der Waals surface area (Å²) in [5.74, 6) is -0.712. The summed E-state index contributed by atoms with van der Waals surface area (Å²) in [5, 5.41) is 8.76. The maximum Gasteiger partial charge on any atom is 0.335 e. The van der Waals surface area contributed by atoms with Gasteiger partial charge in [0, 0.05) is 12.0 Å². The predicted octanol–water partition coefficient (Wildman–Crippen LogP) is 2.07. The fourth-order valence-corrected chi connectivity index (χ4v) is 1.86. The molecule has 0 spiro atoms. The summed E-state index contributed by atoms with van der Waals surface area (Å²) in [7, 11) is 0. The first-order chi connectivity index (χ1) is 6.59. The molecule has 1 N–H and O–H groups in total. The number of Topliss-reactive ketones (excluding diaryl/α,β-unsaturated/α-hetero) is 1. The summed E-state index contributed by atoms with van der Waals surface area (Å²) in [5.41, 5.74) is 1.74. The van der Waals surface area contributed by atoms with E-state index in [0.29, 0.717) is 12.0 Å². The molecule has 14 heavy (non-hydrogen) atoms. The Balaban J connectivity index is 2.55. The highest BCUT2D eigenvalue weighted by Gasteiger charge is 2.26. The van der Waals surface area contributed by atoms with Gasteiger partial charge in [0.2, 0.25) is 0 Å². The van der Waals surface area contributed by atoms with Crippen LogP contribution in [0.5, 0.6) is 0 Å². The van der Waals surface area contributed by atoms with Crippen LogP contribution in [-0.2, 0) is 0 Å². The number of ketones is 1. The maximum absolute atomic E-state index is 11.5. The number of fused-ring (bicyclic) bond motifs is 1. The Labute approximate surface area is 81.4 Å². The zero-order valence-electron chi connectivity index (χ0n) is 7.78. The van der Waals surface area contributed by atoms with E-state index in [4.69, 9.17) is 5.11 Å². The average molecular weight is 190 g/mol. The molecule has 0 aliphatic heterocycles. The van der Waals surface area contributed by atoms with Crippen LogP contribution in [0.1, 0.15) is 45.5 Å². The second-order valence-corrected chi connectivity index (χ2v) is 3.64. The van der Waals surface area contributed by atoms with Crippen molar-refractivity contribution >= 4 is 11.8 Å². The number of aromatic carboxylic acids is 1. The monoisotopic (exact) mass is 190 g/mol. The minimum Gasteiger partial charge on any atom is -0.478 e. The Bertz CT molecular complexity index is 421. The Morgan fingerprint density at radius 3 is 2.86 bits per heavy atom. The van der Waals surface area contributed by atoms with Gasteiger partial charge in [0.05, 0.1) is 5.56 Å². The van der Waals surface area contributed by atoms with E-state index in [1.54, 1.807) is 12.1 Å². The van der Waals surface area contributed by atoms with Gasteiger partial charge in [-0.2, -0.15) is 0 Å². The molecule has 0 fully saturated rings. The Morgan fingerprint density at radius 2 is 2.21 bits per heavy atom. The molecule has 0 radical (unpaired) electrons. The molecule has 0 heterocycles. The van der Waals surface area contributed by atoms with Crippen LogP contribution >= 0.6 is 0 Å². The number of hydrogen-bond acceptors (Lipinski definition) is 2. The van der Waals surface area contributed by atoms with Crippen molar-refractivity contribution in [2.45, 2.75) is 19.3 Å². The molecule has 1 aromatic rings. The first kappa shape index (κ1) is 8.94. The third-order valence-electron chi connectivity index (χ3n) is 2.62. The number of benzene rings is 1. The Morgan fingerprint density at radius 1 is 1.50 bits per heavy atom. The lowest BCUT2D eigenvalue weighted by Crippen LogP contribution is -1.99. The predicted molar refractivity (Wildman–Crippen MR) is 50.8 cm³/mol. The van der Waals surface area contributed by atoms with Crippen molar-refractivity contribution in [1.82, 2.24) is 0 Å². The van der Waals surface area contributed by atoms with Gasteiger partial charge in [-0.15, -0.1) is 0 Å². The number of hydrogen-bond donors (Lipinski definition) is 1. The number of carbonyl (C=O) groups excluding carboxylic acids is 1. The van der Waals surface area contributed by atoms with Crippen LogP contribution < -0.4 is 0 Å². The van der Waals surface area contributed by atoms with Gasteiger partial charge in [0.25, 0.3) is 0 Å². The molecule has 0 bridgehead atoms. The van der Waals surface area contributed by atoms with Crippen LogP contribution in [0.3, 0.4) is 0 Å². The van der Waals surface area contributed by atoms with E-state index in [1.807, 2.05) is 6.92 Å². The fourth-order valence-electron chi connectivity index (χ4n) is 1.86. The molecule has 0 amide bonds. The van der Waals surface area contributed by atoms with Gasteiger partial charge in [-0.25, -0.2) is 4.79 Å². The van der Waals surface area contributed by atoms with Crippen molar-refractivity contribution in [3.8, 4) is 0 Å². The first-order valence-corrected chi connectivity index (χ1v) is 4.50. The van der Waals surface area contributed by atoms with Crippen molar-refractivity contribution in [3.63, 3.8) is 0 Å². The summed E-state index contributed by atoms with van der Waals surface area (Å²) < 4.78 is 0. The van der Waals surface area contributed by atoms with Crippen LogP contribution in [0.2, 0.25) is 0 Å². The normalized spacial score (nSPS) is 19.5. The van der Waals surface area contributed by atoms with Crippen LogP contribution in [0.15, 0.2) is 18.2 Å². The highest BCUT2D eigenvalue weighted by atomic mass is 16.4. The van der Waals surface area contributed by atoms with E-state index in [9.17, 15) is 9.59 Å². The quantitative estimate of drug-likeness (QED) is 0.737. The lowest BCUT2D eigenvalue weighted by Gasteiger charge is -2.02. The van der Waals surface area contributed by atoms with Gasteiger partial charge in [0.1, 0.15) is 0 Å². The zero-order chi connectivity index (χ0) is 10.3. The van der Waals surface area contributed by atoms with Gasteiger partial charge in [-0.05, 0) is 23.6 Å². The van der Waals surface area contributed by atoms with E-state index in [1.165, 1.54) is 6.07 Å². The number of carboxylic acid groups (broad SMARTS) is 1. The van der Waals surface area contributed by atoms with Crippen molar-refractivity contribution in [1.29, 1.82) is 0 Å². The molecule has 3 heteroatoms. The lowest BCUT2D eigenvalue weighted by molar-refractivity contribution is 0.0697. The van der Waals surface area contributed by atoms with Crippen LogP contribution in [0, 0.1) is 0 Å². The standard InChI is InChI=1S/C11H10O3/c1-6-4-10(12)9-5-7(11(13)14)2-3-8(6)9/h2-3,5-6H,4H2,1H3,(H,13,14). The molecule has 2 rings (SSSR count). The molecule has 0 aromatic heterocycles. The van der Waals surface area contributed by atoms with Gasteiger partial charge >= 0.3 is 5.97 Å². The zero-order valence-corrected chi connectivity index (χ0v) is 7.78. The van der Waals surface area contributed by atoms with Gasteiger partial charge in [0.15, 0.2) is 5.78 Å². The summed E-state index contributed by atoms with van der Waals surface area (Å²) >= 11 is 0. The average Bonchev–Trinajstić information content (AvgIpc) is 2.42. The molecule has 1 aromatic carbocycles. The molecule has 0 saturated heterocycles. The minimum absolute atomic E-state index is 0.0515. The largest absolute Gasteiger partial charge is 0.478 e. The third kappa shape index (κ3) is 1.21. The topological polar surface area (TPSA) is 54.4 Å². The summed E-state index contributed by atoms with van der Waals surface area (Å²) in [6.45, 7) is 1.98. The number of rotatable bonds is 1. The molecular weight excluding hydrogens is 180 g/mol. The second-order valence-electron chi connectivity index (χ2n) is 3.64. The third-order valence-corrected chi connectivity index (χ3v) is 2.62. The molecule has 3 nitrogen and oxygen atoms in total. The SMILES string of the molecule is CC1CC(=O)c2cc(C(=O)O)ccc21. The maximum atomic E-state index is 11.5. The van der Waals surface area contributed by atoms with E-state index >= 15 is 0 Å². The van der Waals surface area contributed by atoms with Crippen molar-refractivity contribution in [3.05, 3.63) is 34.9 Å². The molecule has 1 aliphatic carbocycles. The van der Waals surface area contributed by atoms with Gasteiger partial charge in [-0.1, -0.05) is 13.0 Å². The summed E-state index contributed by atoms with van der Waals surface area (Å²) in [4.78, 5) is 22.1. The van der Waals surface area contributed by atoms with Crippen LogP contribution in [-0.4, -0.2) is 16.9 Å². The highest BCUT2D eigenvalue weighted by Crippen LogP contribution is 2.32. The first-order valence-electron chi connectivity index (χ1n) is 4.50.